The van der Waals surface area contributed by atoms with E-state index in [1.165, 1.54) is 0 Å². The highest BCUT2D eigenvalue weighted by Crippen LogP contribution is 2.31. The van der Waals surface area contributed by atoms with E-state index >= 15 is 0 Å². The molecule has 1 aliphatic rings. The Hall–Kier alpha value is -1.26. The van der Waals surface area contributed by atoms with Gasteiger partial charge in [0.25, 0.3) is 0 Å². The summed E-state index contributed by atoms with van der Waals surface area (Å²) in [6.45, 7) is 6.27. The van der Waals surface area contributed by atoms with Crippen LogP contribution in [0.2, 0.25) is 5.02 Å². The van der Waals surface area contributed by atoms with Crippen LogP contribution in [0.5, 0.6) is 0 Å². The van der Waals surface area contributed by atoms with Crippen LogP contribution in [-0.2, 0) is 4.74 Å². The SMILES string of the molecule is CC(C)(C)OC(=O)N1CCCC[C@@H]1C[C@H](O)c1ccccc1Cl. The Morgan fingerprint density at radius 1 is 1.39 bits per heavy atom. The third-order valence-electron chi connectivity index (χ3n) is 4.01. The van der Waals surface area contributed by atoms with Gasteiger partial charge in [0, 0.05) is 17.6 Å². The number of carbonyl (C=O) groups excluding carboxylic acids is 1. The number of hydrogen-bond acceptors (Lipinski definition) is 3. The predicted octanol–water partition coefficient (Wildman–Crippen LogP) is 4.55. The van der Waals surface area contributed by atoms with E-state index in [2.05, 4.69) is 0 Å². The van der Waals surface area contributed by atoms with Crippen molar-refractivity contribution < 1.29 is 14.6 Å². The van der Waals surface area contributed by atoms with Gasteiger partial charge in [-0.25, -0.2) is 4.79 Å². The lowest BCUT2D eigenvalue weighted by molar-refractivity contribution is 0.00238. The van der Waals surface area contributed by atoms with E-state index in [-0.39, 0.29) is 12.1 Å². The van der Waals surface area contributed by atoms with Gasteiger partial charge in [-0.1, -0.05) is 29.8 Å². The first-order chi connectivity index (χ1) is 10.8. The molecular formula is C18H26ClNO3. The monoisotopic (exact) mass is 339 g/mol. The molecule has 0 radical (unpaired) electrons. The second-order valence-electron chi connectivity index (χ2n) is 7.10. The lowest BCUT2D eigenvalue weighted by Gasteiger charge is -2.37. The summed E-state index contributed by atoms with van der Waals surface area (Å²) in [7, 11) is 0. The summed E-state index contributed by atoms with van der Waals surface area (Å²) >= 11 is 6.16. The normalized spacial score (nSPS) is 20.2. The number of piperidine rings is 1. The second-order valence-corrected chi connectivity index (χ2v) is 7.50. The molecule has 0 bridgehead atoms. The van der Waals surface area contributed by atoms with Crippen molar-refractivity contribution in [3.63, 3.8) is 0 Å². The molecule has 0 aromatic heterocycles. The molecule has 1 N–H and O–H groups in total. The summed E-state index contributed by atoms with van der Waals surface area (Å²) in [5, 5.41) is 11.1. The number of halogens is 1. The molecule has 128 valence electrons. The van der Waals surface area contributed by atoms with Gasteiger partial charge in [0.05, 0.1) is 6.10 Å². The zero-order valence-electron chi connectivity index (χ0n) is 14.1. The Balaban J connectivity index is 2.06. The van der Waals surface area contributed by atoms with Gasteiger partial charge in [0.15, 0.2) is 0 Å². The third-order valence-corrected chi connectivity index (χ3v) is 4.36. The van der Waals surface area contributed by atoms with Gasteiger partial charge in [-0.3, -0.25) is 0 Å². The molecular weight excluding hydrogens is 314 g/mol. The predicted molar refractivity (Wildman–Crippen MR) is 91.6 cm³/mol. The largest absolute Gasteiger partial charge is 0.444 e. The summed E-state index contributed by atoms with van der Waals surface area (Å²) in [6.07, 6.45) is 2.39. The number of benzene rings is 1. The number of hydrogen-bond donors (Lipinski definition) is 1. The first-order valence-corrected chi connectivity index (χ1v) is 8.58. The number of rotatable bonds is 3. The summed E-state index contributed by atoms with van der Waals surface area (Å²) < 4.78 is 5.50. The first kappa shape index (κ1) is 18.1. The van der Waals surface area contributed by atoms with E-state index in [1.807, 2.05) is 39.0 Å². The Labute approximate surface area is 143 Å². The van der Waals surface area contributed by atoms with E-state index in [0.29, 0.717) is 23.6 Å². The number of likely N-dealkylation sites (tertiary alicyclic amines) is 1. The average Bonchev–Trinajstić information content (AvgIpc) is 2.46. The second kappa shape index (κ2) is 7.54. The summed E-state index contributed by atoms with van der Waals surface area (Å²) in [6, 6.07) is 7.27. The number of aliphatic hydroxyl groups is 1. The van der Waals surface area contributed by atoms with E-state index in [0.717, 1.165) is 19.3 Å². The van der Waals surface area contributed by atoms with Crippen molar-refractivity contribution in [2.75, 3.05) is 6.54 Å². The molecule has 1 aliphatic heterocycles. The topological polar surface area (TPSA) is 49.8 Å². The first-order valence-electron chi connectivity index (χ1n) is 8.20. The van der Waals surface area contributed by atoms with Gasteiger partial charge >= 0.3 is 6.09 Å². The molecule has 5 heteroatoms. The zero-order chi connectivity index (χ0) is 17.0. The minimum atomic E-state index is -0.684. The van der Waals surface area contributed by atoms with E-state index < -0.39 is 11.7 Å². The van der Waals surface area contributed by atoms with Crippen LogP contribution in [0.1, 0.15) is 58.1 Å². The minimum Gasteiger partial charge on any atom is -0.444 e. The van der Waals surface area contributed by atoms with Crippen LogP contribution in [0, 0.1) is 0 Å². The van der Waals surface area contributed by atoms with Gasteiger partial charge in [0.2, 0.25) is 0 Å². The maximum absolute atomic E-state index is 12.4. The van der Waals surface area contributed by atoms with E-state index in [1.54, 1.807) is 11.0 Å². The fraction of sp³-hybridized carbons (Fsp3) is 0.611. The standard InChI is InChI=1S/C18H26ClNO3/c1-18(2,3)23-17(22)20-11-7-6-8-13(20)12-16(21)14-9-4-5-10-15(14)19/h4-5,9-10,13,16,21H,6-8,11-12H2,1-3H3/t13-,16+/m1/s1. The highest BCUT2D eigenvalue weighted by molar-refractivity contribution is 6.31. The Morgan fingerprint density at radius 3 is 2.74 bits per heavy atom. The van der Waals surface area contributed by atoms with Crippen molar-refractivity contribution in [2.45, 2.75) is 64.2 Å². The number of amides is 1. The lowest BCUT2D eigenvalue weighted by atomic mass is 9.94. The fourth-order valence-electron chi connectivity index (χ4n) is 2.94. The van der Waals surface area contributed by atoms with Crippen molar-refractivity contribution >= 4 is 17.7 Å². The summed E-state index contributed by atoms with van der Waals surface area (Å²) in [5.74, 6) is 0. The fourth-order valence-corrected chi connectivity index (χ4v) is 3.20. The molecule has 0 saturated carbocycles. The molecule has 23 heavy (non-hydrogen) atoms. The number of nitrogens with zero attached hydrogens (tertiary/aromatic N) is 1. The van der Waals surface area contributed by atoms with Gasteiger partial charge in [-0.05, 0) is 58.1 Å². The molecule has 1 saturated heterocycles. The molecule has 0 unspecified atom stereocenters. The summed E-state index contributed by atoms with van der Waals surface area (Å²) in [5.41, 5.74) is 0.198. The zero-order valence-corrected chi connectivity index (χ0v) is 14.8. The lowest BCUT2D eigenvalue weighted by Crippen LogP contribution is -2.46. The average molecular weight is 340 g/mol. The Morgan fingerprint density at radius 2 is 2.09 bits per heavy atom. The highest BCUT2D eigenvalue weighted by atomic mass is 35.5. The van der Waals surface area contributed by atoms with Crippen LogP contribution in [0.15, 0.2) is 24.3 Å². The molecule has 2 rings (SSSR count). The van der Waals surface area contributed by atoms with Gasteiger partial charge < -0.3 is 14.7 Å². The van der Waals surface area contributed by atoms with Crippen molar-refractivity contribution in [1.82, 2.24) is 4.90 Å². The molecule has 4 nitrogen and oxygen atoms in total. The van der Waals surface area contributed by atoms with Crippen LogP contribution in [0.4, 0.5) is 4.79 Å². The Kier molecular flexibility index (Phi) is 5.93. The van der Waals surface area contributed by atoms with Crippen LogP contribution in [0.25, 0.3) is 0 Å². The highest BCUT2D eigenvalue weighted by Gasteiger charge is 2.32. The maximum atomic E-state index is 12.4. The van der Waals surface area contributed by atoms with Gasteiger partial charge in [-0.15, -0.1) is 0 Å². The van der Waals surface area contributed by atoms with Crippen molar-refractivity contribution in [3.8, 4) is 0 Å². The number of carbonyl (C=O) groups is 1. The number of aliphatic hydroxyl groups excluding tert-OH is 1. The molecule has 1 heterocycles. The van der Waals surface area contributed by atoms with E-state index in [4.69, 9.17) is 16.3 Å². The van der Waals surface area contributed by atoms with Crippen LogP contribution in [0.3, 0.4) is 0 Å². The van der Waals surface area contributed by atoms with Crippen molar-refractivity contribution in [3.05, 3.63) is 34.9 Å². The molecule has 1 fully saturated rings. The molecule has 1 amide bonds. The maximum Gasteiger partial charge on any atom is 0.410 e. The van der Waals surface area contributed by atoms with Crippen LogP contribution in [-0.4, -0.2) is 34.3 Å². The van der Waals surface area contributed by atoms with Crippen LogP contribution >= 0.6 is 11.6 Å². The molecule has 1 aromatic carbocycles. The minimum absolute atomic E-state index is 0.0233. The van der Waals surface area contributed by atoms with Crippen molar-refractivity contribution in [2.24, 2.45) is 0 Å². The third kappa shape index (κ3) is 5.11. The van der Waals surface area contributed by atoms with Gasteiger partial charge in [0.1, 0.15) is 5.60 Å². The Bertz CT molecular complexity index is 541. The summed E-state index contributed by atoms with van der Waals surface area (Å²) in [4.78, 5) is 14.2. The smallest absolute Gasteiger partial charge is 0.410 e. The number of ether oxygens (including phenoxy) is 1. The van der Waals surface area contributed by atoms with Gasteiger partial charge in [-0.2, -0.15) is 0 Å². The van der Waals surface area contributed by atoms with E-state index in [9.17, 15) is 9.90 Å². The van der Waals surface area contributed by atoms with Crippen LogP contribution < -0.4 is 0 Å². The molecule has 2 atom stereocenters. The van der Waals surface area contributed by atoms with Crippen molar-refractivity contribution in [1.29, 1.82) is 0 Å². The molecule has 1 aromatic rings. The quantitative estimate of drug-likeness (QED) is 0.878. The molecule has 0 spiro atoms. The molecule has 0 aliphatic carbocycles.